The molecule has 170 valence electrons. The number of nitrogens with zero attached hydrogens (tertiary/aromatic N) is 2. The number of hydrogen-bond donors (Lipinski definition) is 1. The first-order chi connectivity index (χ1) is 15.7. The number of para-hydroxylation sites is 2. The van der Waals surface area contributed by atoms with E-state index in [2.05, 4.69) is 5.32 Å². The first-order valence-corrected chi connectivity index (χ1v) is 11.7. The molecule has 10 heteroatoms. The van der Waals surface area contributed by atoms with E-state index in [0.29, 0.717) is 16.8 Å². The van der Waals surface area contributed by atoms with E-state index in [0.717, 1.165) is 0 Å². The third kappa shape index (κ3) is 4.80. The normalized spacial score (nSPS) is 15.3. The van der Waals surface area contributed by atoms with Gasteiger partial charge in [-0.3, -0.25) is 19.2 Å². The van der Waals surface area contributed by atoms with Crippen molar-refractivity contribution in [3.63, 3.8) is 0 Å². The molecule has 1 heterocycles. The average Bonchev–Trinajstić information content (AvgIpc) is 2.80. The maximum absolute atomic E-state index is 13.3. The highest BCUT2D eigenvalue weighted by molar-refractivity contribution is 7.92. The summed E-state index contributed by atoms with van der Waals surface area (Å²) < 4.78 is 33.6. The van der Waals surface area contributed by atoms with Crippen molar-refractivity contribution >= 4 is 33.0 Å². The lowest BCUT2D eigenvalue weighted by molar-refractivity contribution is -0.384. The second-order valence-electron chi connectivity index (χ2n) is 7.59. The minimum atomic E-state index is -3.83. The topological polar surface area (TPSA) is 119 Å². The molecule has 4 rings (SSSR count). The van der Waals surface area contributed by atoms with Gasteiger partial charge in [0.05, 0.1) is 28.6 Å². The van der Waals surface area contributed by atoms with E-state index in [4.69, 9.17) is 4.74 Å². The number of anilines is 2. The lowest BCUT2D eigenvalue weighted by atomic mass is 10.1. The average molecular weight is 468 g/mol. The summed E-state index contributed by atoms with van der Waals surface area (Å²) in [7, 11) is -3.83. The van der Waals surface area contributed by atoms with Crippen molar-refractivity contribution in [1.29, 1.82) is 0 Å². The summed E-state index contributed by atoms with van der Waals surface area (Å²) in [5, 5.41) is 13.7. The molecular weight excluding hydrogens is 446 g/mol. The van der Waals surface area contributed by atoms with Crippen LogP contribution in [0.3, 0.4) is 0 Å². The van der Waals surface area contributed by atoms with E-state index in [-0.39, 0.29) is 29.4 Å². The Bertz CT molecular complexity index is 1310. The molecule has 3 aromatic rings. The van der Waals surface area contributed by atoms with Crippen molar-refractivity contribution in [2.75, 3.05) is 16.2 Å². The summed E-state index contributed by atoms with van der Waals surface area (Å²) >= 11 is 0. The first kappa shape index (κ1) is 22.3. The molecule has 1 atom stereocenters. The maximum Gasteiger partial charge on any atom is 0.271 e. The molecule has 1 unspecified atom stereocenters. The van der Waals surface area contributed by atoms with E-state index in [1.54, 1.807) is 61.5 Å². The fraction of sp³-hybridized carbons (Fsp3) is 0.174. The number of ether oxygens (including phenoxy) is 1. The molecule has 0 aromatic heterocycles. The molecule has 0 fully saturated rings. The Morgan fingerprint density at radius 2 is 1.82 bits per heavy atom. The Kier molecular flexibility index (Phi) is 6.01. The molecule has 0 aliphatic carbocycles. The van der Waals surface area contributed by atoms with Crippen LogP contribution < -0.4 is 14.4 Å². The van der Waals surface area contributed by atoms with Gasteiger partial charge in [-0.25, -0.2) is 8.42 Å². The molecule has 33 heavy (non-hydrogen) atoms. The van der Waals surface area contributed by atoms with E-state index < -0.39 is 27.0 Å². The molecule has 0 saturated carbocycles. The maximum atomic E-state index is 13.3. The van der Waals surface area contributed by atoms with Gasteiger partial charge in [0.2, 0.25) is 10.0 Å². The van der Waals surface area contributed by atoms with Crippen LogP contribution in [0.15, 0.2) is 72.8 Å². The van der Waals surface area contributed by atoms with Crippen LogP contribution in [0.5, 0.6) is 5.75 Å². The molecular formula is C23H21N3O6S. The lowest BCUT2D eigenvalue weighted by Gasteiger charge is -2.34. The van der Waals surface area contributed by atoms with Gasteiger partial charge in [-0.2, -0.15) is 0 Å². The molecule has 9 nitrogen and oxygen atoms in total. The Labute approximate surface area is 190 Å². The third-order valence-electron chi connectivity index (χ3n) is 5.24. The zero-order chi connectivity index (χ0) is 23.6. The standard InChI is InChI=1S/C23H21N3O6S/c1-16-11-12-18(26(28)29)13-19(16)24-23(27)22-14-25(20-9-5-6-10-21(20)32-22)33(30,31)15-17-7-3-2-4-8-17/h2-13,22H,14-15H2,1H3,(H,24,27). The van der Waals surface area contributed by atoms with Crippen LogP contribution in [0.1, 0.15) is 11.1 Å². The van der Waals surface area contributed by atoms with Gasteiger partial charge >= 0.3 is 0 Å². The third-order valence-corrected chi connectivity index (χ3v) is 6.96. The van der Waals surface area contributed by atoms with Crippen molar-refractivity contribution in [2.24, 2.45) is 0 Å². The van der Waals surface area contributed by atoms with Gasteiger partial charge < -0.3 is 10.1 Å². The Balaban J connectivity index is 1.62. The SMILES string of the molecule is Cc1ccc([N+](=O)[O-])cc1NC(=O)C1CN(S(=O)(=O)Cc2ccccc2)c2ccccc2O1. The second-order valence-corrected chi connectivity index (χ2v) is 9.49. The molecule has 0 spiro atoms. The molecule has 0 radical (unpaired) electrons. The van der Waals surface area contributed by atoms with Gasteiger partial charge in [0.15, 0.2) is 6.10 Å². The molecule has 3 aromatic carbocycles. The molecule has 1 aliphatic rings. The zero-order valence-corrected chi connectivity index (χ0v) is 18.5. The Hall–Kier alpha value is -3.92. The number of non-ortho nitro benzene ring substituents is 1. The van der Waals surface area contributed by atoms with Gasteiger partial charge in [-0.15, -0.1) is 0 Å². The van der Waals surface area contributed by atoms with Gasteiger partial charge in [0.1, 0.15) is 5.75 Å². The number of carbonyl (C=O) groups excluding carboxylic acids is 1. The monoisotopic (exact) mass is 467 g/mol. The summed E-state index contributed by atoms with van der Waals surface area (Å²) in [6.07, 6.45) is -1.15. The molecule has 1 aliphatic heterocycles. The van der Waals surface area contributed by atoms with Crippen LogP contribution in [-0.2, 0) is 20.6 Å². The van der Waals surface area contributed by atoms with Crippen LogP contribution in [0.4, 0.5) is 17.1 Å². The second kappa shape index (κ2) is 8.91. The highest BCUT2D eigenvalue weighted by Crippen LogP contribution is 2.36. The molecule has 1 amide bonds. The molecule has 1 N–H and O–H groups in total. The quantitative estimate of drug-likeness (QED) is 0.437. The zero-order valence-electron chi connectivity index (χ0n) is 17.7. The van der Waals surface area contributed by atoms with Gasteiger partial charge in [0.25, 0.3) is 11.6 Å². The predicted molar refractivity (Wildman–Crippen MR) is 124 cm³/mol. The van der Waals surface area contributed by atoms with E-state index in [9.17, 15) is 23.3 Å². The van der Waals surface area contributed by atoms with Crippen LogP contribution in [-0.4, -0.2) is 31.9 Å². The first-order valence-electron chi connectivity index (χ1n) is 10.1. The van der Waals surface area contributed by atoms with Crippen LogP contribution in [0.25, 0.3) is 0 Å². The number of fused-ring (bicyclic) bond motifs is 1. The number of rotatable bonds is 6. The highest BCUT2D eigenvalue weighted by atomic mass is 32.2. The van der Waals surface area contributed by atoms with Crippen LogP contribution in [0, 0.1) is 17.0 Å². The summed E-state index contributed by atoms with van der Waals surface area (Å²) in [5.41, 5.74) is 1.69. The van der Waals surface area contributed by atoms with Gasteiger partial charge in [0, 0.05) is 12.1 Å². The van der Waals surface area contributed by atoms with Crippen molar-refractivity contribution < 1.29 is 22.9 Å². The number of nitro benzene ring substituents is 1. The number of carbonyl (C=O) groups is 1. The number of nitro groups is 1. The van der Waals surface area contributed by atoms with Crippen molar-refractivity contribution in [3.8, 4) is 5.75 Å². The van der Waals surface area contributed by atoms with E-state index in [1.165, 1.54) is 22.5 Å². The predicted octanol–water partition coefficient (Wildman–Crippen LogP) is 3.64. The highest BCUT2D eigenvalue weighted by Gasteiger charge is 2.37. The van der Waals surface area contributed by atoms with Crippen molar-refractivity contribution in [2.45, 2.75) is 18.8 Å². The molecule has 0 saturated heterocycles. The summed E-state index contributed by atoms with van der Waals surface area (Å²) in [6.45, 7) is 1.47. The van der Waals surface area contributed by atoms with Crippen LogP contribution >= 0.6 is 0 Å². The Morgan fingerprint density at radius 3 is 2.55 bits per heavy atom. The number of hydrogen-bond acceptors (Lipinski definition) is 6. The largest absolute Gasteiger partial charge is 0.476 e. The van der Waals surface area contributed by atoms with Crippen molar-refractivity contribution in [3.05, 3.63) is 94.0 Å². The number of nitrogens with one attached hydrogen (secondary N) is 1. The summed E-state index contributed by atoms with van der Waals surface area (Å²) in [6, 6.07) is 19.5. The Morgan fingerprint density at radius 1 is 1.12 bits per heavy atom. The summed E-state index contributed by atoms with van der Waals surface area (Å²) in [5.74, 6) is -0.579. The number of amides is 1. The summed E-state index contributed by atoms with van der Waals surface area (Å²) in [4.78, 5) is 23.5. The number of benzene rings is 3. The van der Waals surface area contributed by atoms with Gasteiger partial charge in [-0.1, -0.05) is 48.5 Å². The fourth-order valence-corrected chi connectivity index (χ4v) is 5.12. The minimum Gasteiger partial charge on any atom is -0.476 e. The fourth-order valence-electron chi connectivity index (χ4n) is 3.54. The van der Waals surface area contributed by atoms with E-state index in [1.807, 2.05) is 0 Å². The molecule has 0 bridgehead atoms. The van der Waals surface area contributed by atoms with Crippen LogP contribution in [0.2, 0.25) is 0 Å². The van der Waals surface area contributed by atoms with Gasteiger partial charge in [-0.05, 0) is 30.2 Å². The minimum absolute atomic E-state index is 0.169. The smallest absolute Gasteiger partial charge is 0.271 e. The number of sulfonamides is 1. The van der Waals surface area contributed by atoms with Crippen molar-refractivity contribution in [1.82, 2.24) is 0 Å². The van der Waals surface area contributed by atoms with E-state index >= 15 is 0 Å². The number of aryl methyl sites for hydroxylation is 1. The lowest BCUT2D eigenvalue weighted by Crippen LogP contribution is -2.49.